The van der Waals surface area contributed by atoms with Crippen LogP contribution in [-0.2, 0) is 32.9 Å². The van der Waals surface area contributed by atoms with Gasteiger partial charge in [0.05, 0.1) is 42.4 Å². The zero-order valence-electron chi connectivity index (χ0n) is 27.5. The molecule has 1 unspecified atom stereocenters. The van der Waals surface area contributed by atoms with E-state index in [0.717, 1.165) is 16.7 Å². The van der Waals surface area contributed by atoms with E-state index in [4.69, 9.17) is 14.0 Å². The van der Waals surface area contributed by atoms with Crippen LogP contribution >= 0.6 is 15.9 Å². The number of hydrogen-bond acceptors (Lipinski definition) is 7. The summed E-state index contributed by atoms with van der Waals surface area (Å²) < 4.78 is 17.9. The van der Waals surface area contributed by atoms with Crippen LogP contribution in [0.5, 0.6) is 0 Å². The quantitative estimate of drug-likeness (QED) is 0.183. The summed E-state index contributed by atoms with van der Waals surface area (Å²) in [6.45, 7) is 13.4. The van der Waals surface area contributed by atoms with Gasteiger partial charge >= 0.3 is 6.09 Å². The number of rotatable bonds is 12. The topological polar surface area (TPSA) is 134 Å². The first-order chi connectivity index (χ1) is 21.7. The van der Waals surface area contributed by atoms with E-state index < -0.39 is 29.1 Å². The van der Waals surface area contributed by atoms with Crippen molar-refractivity contribution in [3.05, 3.63) is 75.4 Å². The lowest BCUT2D eigenvalue weighted by Crippen LogP contribution is -2.60. The van der Waals surface area contributed by atoms with Crippen LogP contribution in [-0.4, -0.2) is 70.7 Å². The van der Waals surface area contributed by atoms with Gasteiger partial charge in [-0.2, -0.15) is 0 Å². The number of benzene rings is 2. The van der Waals surface area contributed by atoms with Crippen LogP contribution in [0.1, 0.15) is 76.3 Å². The van der Waals surface area contributed by atoms with Crippen molar-refractivity contribution in [1.82, 2.24) is 15.4 Å². The van der Waals surface area contributed by atoms with Gasteiger partial charge in [-0.3, -0.25) is 4.79 Å². The second-order valence-electron chi connectivity index (χ2n) is 13.2. The Morgan fingerprint density at radius 1 is 1.15 bits per heavy atom. The Hall–Kier alpha value is -3.25. The van der Waals surface area contributed by atoms with Crippen molar-refractivity contribution < 1.29 is 33.8 Å². The Morgan fingerprint density at radius 2 is 1.85 bits per heavy atom. The van der Waals surface area contributed by atoms with E-state index in [1.54, 1.807) is 0 Å². The van der Waals surface area contributed by atoms with Gasteiger partial charge in [0, 0.05) is 25.6 Å². The third kappa shape index (κ3) is 8.17. The molecule has 1 fully saturated rings. The number of ether oxygens (including phenoxy) is 2. The first kappa shape index (κ1) is 35.6. The number of carbonyl (C=O) groups is 2. The molecule has 2 heterocycles. The number of amides is 2. The van der Waals surface area contributed by atoms with Gasteiger partial charge in [0.1, 0.15) is 11.3 Å². The van der Waals surface area contributed by atoms with E-state index in [1.165, 1.54) is 11.8 Å². The Morgan fingerprint density at radius 3 is 2.48 bits per heavy atom. The molecular formula is C35H46BrN3O7. The van der Waals surface area contributed by atoms with Crippen LogP contribution in [0.2, 0.25) is 0 Å². The number of nitrogens with one attached hydrogen (secondary N) is 1. The summed E-state index contributed by atoms with van der Waals surface area (Å²) >= 11 is 3.76. The van der Waals surface area contributed by atoms with Gasteiger partial charge in [0.25, 0.3) is 0 Å². The van der Waals surface area contributed by atoms with E-state index in [-0.39, 0.29) is 25.0 Å². The van der Waals surface area contributed by atoms with E-state index >= 15 is 0 Å². The number of aliphatic hydroxyl groups is 1. The van der Waals surface area contributed by atoms with Crippen LogP contribution in [0.3, 0.4) is 0 Å². The number of aromatic nitrogens is 1. The molecule has 0 radical (unpaired) electrons. The smallest absolute Gasteiger partial charge is 0.407 e. The molecule has 11 heteroatoms. The Balaban J connectivity index is 1.73. The predicted octanol–water partition coefficient (Wildman–Crippen LogP) is 6.49. The molecule has 2 aromatic carbocycles. The molecule has 0 aliphatic carbocycles. The summed E-state index contributed by atoms with van der Waals surface area (Å²) in [5.41, 5.74) is 1.77. The van der Waals surface area contributed by atoms with E-state index in [1.807, 2.05) is 83.1 Å². The molecule has 4 rings (SSSR count). The summed E-state index contributed by atoms with van der Waals surface area (Å²) in [6.07, 6.45) is -0.166. The first-order valence-corrected chi connectivity index (χ1v) is 16.5. The molecule has 1 aliphatic rings. The van der Waals surface area contributed by atoms with Crippen LogP contribution in [0.4, 0.5) is 4.79 Å². The minimum absolute atomic E-state index is 0.106. The zero-order valence-corrected chi connectivity index (χ0v) is 29.1. The predicted molar refractivity (Wildman–Crippen MR) is 178 cm³/mol. The fourth-order valence-corrected chi connectivity index (χ4v) is 6.92. The van der Waals surface area contributed by atoms with Crippen molar-refractivity contribution in [2.75, 3.05) is 26.3 Å². The number of hydrogen-bond donors (Lipinski definition) is 3. The molecule has 2 amide bonds. The molecule has 0 saturated carbocycles. The monoisotopic (exact) mass is 699 g/mol. The zero-order chi connectivity index (χ0) is 33.6. The van der Waals surface area contributed by atoms with Gasteiger partial charge in [-0.25, -0.2) is 4.79 Å². The number of halogens is 1. The number of likely N-dealkylation sites (tertiary alicyclic amines) is 1. The van der Waals surface area contributed by atoms with Gasteiger partial charge in [0.15, 0.2) is 5.76 Å². The Bertz CT molecular complexity index is 1480. The second kappa shape index (κ2) is 15.1. The van der Waals surface area contributed by atoms with Crippen LogP contribution in [0, 0.1) is 5.41 Å². The molecule has 3 aromatic rings. The average molecular weight is 701 g/mol. The van der Waals surface area contributed by atoms with E-state index in [2.05, 4.69) is 26.4 Å². The third-order valence-electron chi connectivity index (χ3n) is 8.42. The standard InChI is InChI=1S/C35H46BrN3O7/c1-22(2)45-20-19-44-21-24-11-13-26(14-12-24)35(43)16-18-39(33(41)42)32(34(4,5)6)28(35)30-29(36)31(46-38-30)27-10-8-7-9-25(27)15-17-37-23(3)40/h7-14,22,28,32,43H,15-21H2,1-6H3,(H,37,40)(H,41,42)/t28-,32?,35-/m0/s1. The molecule has 46 heavy (non-hydrogen) atoms. The number of carbonyl (C=O) groups excluding carboxylic acids is 1. The van der Waals surface area contributed by atoms with Crippen molar-refractivity contribution in [3.63, 3.8) is 0 Å². The van der Waals surface area contributed by atoms with Gasteiger partial charge < -0.3 is 34.4 Å². The molecule has 3 atom stereocenters. The minimum Gasteiger partial charge on any atom is -0.465 e. The van der Waals surface area contributed by atoms with Crippen LogP contribution < -0.4 is 5.32 Å². The average Bonchev–Trinajstić information content (AvgIpc) is 3.36. The maximum atomic E-state index is 12.7. The highest BCUT2D eigenvalue weighted by Crippen LogP contribution is 2.53. The van der Waals surface area contributed by atoms with Gasteiger partial charge in [0.2, 0.25) is 5.91 Å². The van der Waals surface area contributed by atoms with Crippen molar-refractivity contribution in [2.45, 2.75) is 84.7 Å². The highest BCUT2D eigenvalue weighted by Gasteiger charge is 2.56. The summed E-state index contributed by atoms with van der Waals surface area (Å²) in [5.74, 6) is -0.402. The molecule has 0 spiro atoms. The molecule has 1 saturated heterocycles. The maximum Gasteiger partial charge on any atom is 0.407 e. The summed E-state index contributed by atoms with van der Waals surface area (Å²) in [6, 6.07) is 14.7. The van der Waals surface area contributed by atoms with E-state index in [9.17, 15) is 19.8 Å². The fourth-order valence-electron chi connectivity index (χ4n) is 6.32. The van der Waals surface area contributed by atoms with E-state index in [0.29, 0.717) is 54.3 Å². The van der Waals surface area contributed by atoms with Crippen LogP contribution in [0.15, 0.2) is 57.5 Å². The van der Waals surface area contributed by atoms with Gasteiger partial charge in [-0.1, -0.05) is 74.5 Å². The molecule has 1 aliphatic heterocycles. The number of piperidine rings is 1. The lowest BCUT2D eigenvalue weighted by molar-refractivity contribution is -0.118. The number of carboxylic acid groups (broad SMARTS) is 1. The summed E-state index contributed by atoms with van der Waals surface area (Å²) in [5, 5.41) is 30.4. The summed E-state index contributed by atoms with van der Waals surface area (Å²) in [4.78, 5) is 25.5. The minimum atomic E-state index is -1.46. The molecule has 1 aromatic heterocycles. The summed E-state index contributed by atoms with van der Waals surface area (Å²) in [7, 11) is 0. The van der Waals surface area contributed by atoms with Crippen molar-refractivity contribution in [1.29, 1.82) is 0 Å². The van der Waals surface area contributed by atoms with Crippen LogP contribution in [0.25, 0.3) is 11.3 Å². The van der Waals surface area contributed by atoms with Crippen molar-refractivity contribution in [2.24, 2.45) is 5.41 Å². The van der Waals surface area contributed by atoms with Gasteiger partial charge in [-0.15, -0.1) is 0 Å². The Kier molecular flexibility index (Phi) is 11.7. The molecule has 10 nitrogen and oxygen atoms in total. The first-order valence-electron chi connectivity index (χ1n) is 15.7. The van der Waals surface area contributed by atoms with Crippen molar-refractivity contribution in [3.8, 4) is 11.3 Å². The Labute approximate surface area is 279 Å². The normalized spacial score (nSPS) is 20.2. The number of nitrogens with zero attached hydrogens (tertiary/aromatic N) is 2. The maximum absolute atomic E-state index is 12.7. The lowest BCUT2D eigenvalue weighted by Gasteiger charge is -2.53. The molecule has 250 valence electrons. The molecule has 0 bridgehead atoms. The molecule has 3 N–H and O–H groups in total. The van der Waals surface area contributed by atoms with Crippen molar-refractivity contribution >= 4 is 27.9 Å². The third-order valence-corrected chi connectivity index (χ3v) is 9.19. The molecular weight excluding hydrogens is 654 g/mol. The largest absolute Gasteiger partial charge is 0.465 e. The van der Waals surface area contributed by atoms with Gasteiger partial charge in [-0.05, 0) is 64.7 Å². The highest BCUT2D eigenvalue weighted by molar-refractivity contribution is 9.10. The fraction of sp³-hybridized carbons (Fsp3) is 0.514. The SMILES string of the molecule is CC(=O)NCCc1ccccc1-c1onc([C@H]2C(C(C)(C)C)N(C(=O)O)CC[C@]2(O)c2ccc(COCCOC(C)C)cc2)c1Br. The highest BCUT2D eigenvalue weighted by atomic mass is 79.9. The lowest BCUT2D eigenvalue weighted by atomic mass is 9.64. The second-order valence-corrected chi connectivity index (χ2v) is 14.0.